The van der Waals surface area contributed by atoms with E-state index in [9.17, 15) is 43.2 Å². The number of nitrogens with zero attached hydrogens (tertiary/aromatic N) is 2. The van der Waals surface area contributed by atoms with Crippen molar-refractivity contribution in [3.8, 4) is 0 Å². The number of amides is 9. The molecule has 2 saturated heterocycles. The second-order valence-electron chi connectivity index (χ2n) is 19.8. The van der Waals surface area contributed by atoms with Crippen LogP contribution < -0.4 is 60.2 Å². The van der Waals surface area contributed by atoms with Gasteiger partial charge in [-0.1, -0.05) is 122 Å². The molecule has 3 fully saturated rings. The largest absolute Gasteiger partial charge is 0.370 e. The highest BCUT2D eigenvalue weighted by molar-refractivity contribution is 8.77. The first-order chi connectivity index (χ1) is 36.4. The topological polar surface area (TPSA) is 358 Å². The maximum absolute atomic E-state index is 14.9. The van der Waals surface area contributed by atoms with Crippen LogP contribution in [0.15, 0.2) is 65.7 Å². The zero-order chi connectivity index (χ0) is 55.2. The number of nitrogens with one attached hydrogen (secondary N) is 7. The van der Waals surface area contributed by atoms with Crippen molar-refractivity contribution in [1.29, 1.82) is 0 Å². The lowest BCUT2D eigenvalue weighted by atomic mass is 9.85. The van der Waals surface area contributed by atoms with Crippen LogP contribution in [0.3, 0.4) is 0 Å². The molecule has 1 saturated carbocycles. The molecule has 416 valence electrons. The summed E-state index contributed by atoms with van der Waals surface area (Å²) < 4.78 is -0.668. The number of benzene rings is 2. The van der Waals surface area contributed by atoms with Crippen LogP contribution in [-0.2, 0) is 56.0 Å². The van der Waals surface area contributed by atoms with Crippen LogP contribution in [0.25, 0.3) is 0 Å². The summed E-state index contributed by atoms with van der Waals surface area (Å²) in [6, 6.07) is 9.46. The zero-order valence-electron chi connectivity index (χ0n) is 43.5. The van der Waals surface area contributed by atoms with E-state index in [1.54, 1.807) is 38.1 Å². The predicted molar refractivity (Wildman–Crippen MR) is 292 cm³/mol. The Morgan fingerprint density at radius 1 is 0.789 bits per heavy atom. The molecule has 1 aliphatic carbocycles. The summed E-state index contributed by atoms with van der Waals surface area (Å²) in [4.78, 5) is 133. The van der Waals surface area contributed by atoms with Gasteiger partial charge in [-0.15, -0.1) is 0 Å². The number of hydrogen-bond donors (Lipinski definition) is 11. The van der Waals surface area contributed by atoms with Crippen LogP contribution in [0, 0.1) is 5.92 Å². The molecule has 2 aromatic carbocycles. The average Bonchev–Trinajstić information content (AvgIpc) is 3.90. The van der Waals surface area contributed by atoms with Crippen molar-refractivity contribution in [2.24, 2.45) is 33.8 Å². The summed E-state index contributed by atoms with van der Waals surface area (Å²) in [6.45, 7) is 4.15. The highest BCUT2D eigenvalue weighted by atomic mass is 33.1. The van der Waals surface area contributed by atoms with Gasteiger partial charge in [0.15, 0.2) is 5.96 Å². The second kappa shape index (κ2) is 30.4. The Hall–Kier alpha value is -6.40. The van der Waals surface area contributed by atoms with E-state index in [2.05, 4.69) is 42.2 Å². The van der Waals surface area contributed by atoms with Crippen LogP contribution in [0.5, 0.6) is 0 Å². The molecular formula is C52H77N13O9S2. The van der Waals surface area contributed by atoms with Crippen molar-refractivity contribution in [1.82, 2.24) is 42.1 Å². The maximum Gasteiger partial charge on any atom is 0.246 e. The van der Waals surface area contributed by atoms with Crippen molar-refractivity contribution < 1.29 is 43.2 Å². The minimum atomic E-state index is -1.62. The lowest BCUT2D eigenvalue weighted by Gasteiger charge is -2.37. The van der Waals surface area contributed by atoms with Crippen molar-refractivity contribution in [2.75, 3.05) is 31.9 Å². The molecule has 76 heavy (non-hydrogen) atoms. The molecule has 2 unspecified atom stereocenters. The number of rotatable bonds is 18. The highest BCUT2D eigenvalue weighted by Gasteiger charge is 2.42. The van der Waals surface area contributed by atoms with Crippen LogP contribution in [0.1, 0.15) is 102 Å². The molecule has 0 bridgehead atoms. The van der Waals surface area contributed by atoms with E-state index < -0.39 is 113 Å². The van der Waals surface area contributed by atoms with Crippen LogP contribution in [-0.4, -0.2) is 143 Å². The molecule has 2 heterocycles. The average molecular weight is 1090 g/mol. The fourth-order valence-corrected chi connectivity index (χ4v) is 12.9. The Kier molecular flexibility index (Phi) is 24.2. The van der Waals surface area contributed by atoms with E-state index >= 15 is 0 Å². The number of primary amides is 1. The fourth-order valence-electron chi connectivity index (χ4n) is 9.58. The van der Waals surface area contributed by atoms with Crippen molar-refractivity contribution in [3.05, 3.63) is 71.8 Å². The number of likely N-dealkylation sites (tertiary alicyclic amines) is 1. The summed E-state index contributed by atoms with van der Waals surface area (Å²) in [5.41, 5.74) is 23.7. The van der Waals surface area contributed by atoms with Crippen LogP contribution in [0.4, 0.5) is 0 Å². The molecule has 5 rings (SSSR count). The minimum Gasteiger partial charge on any atom is -0.370 e. The van der Waals surface area contributed by atoms with Gasteiger partial charge in [-0.3, -0.25) is 48.1 Å². The molecule has 0 aromatic heterocycles. The van der Waals surface area contributed by atoms with Gasteiger partial charge in [-0.2, -0.15) is 0 Å². The van der Waals surface area contributed by atoms with Gasteiger partial charge < -0.3 is 65.1 Å². The van der Waals surface area contributed by atoms with E-state index in [0.29, 0.717) is 37.7 Å². The molecule has 1 spiro atoms. The third-order valence-corrected chi connectivity index (χ3v) is 17.2. The van der Waals surface area contributed by atoms with Gasteiger partial charge in [0, 0.05) is 55.9 Å². The van der Waals surface area contributed by atoms with Gasteiger partial charge in [0.2, 0.25) is 53.2 Å². The molecule has 3 aliphatic rings. The van der Waals surface area contributed by atoms with E-state index in [0.717, 1.165) is 24.8 Å². The van der Waals surface area contributed by atoms with Crippen LogP contribution >= 0.6 is 21.6 Å². The lowest BCUT2D eigenvalue weighted by Crippen LogP contribution is -2.62. The maximum atomic E-state index is 14.9. The zero-order valence-corrected chi connectivity index (χ0v) is 45.2. The minimum absolute atomic E-state index is 0.00575. The Labute approximate surface area is 452 Å². The second-order valence-corrected chi connectivity index (χ2v) is 22.6. The molecule has 24 heteroatoms. The van der Waals surface area contributed by atoms with Gasteiger partial charge in [0.25, 0.3) is 0 Å². The van der Waals surface area contributed by atoms with Gasteiger partial charge in [0.05, 0.1) is 6.42 Å². The molecule has 0 radical (unpaired) electrons. The quantitative estimate of drug-likeness (QED) is 0.0403. The molecule has 8 atom stereocenters. The van der Waals surface area contributed by atoms with Crippen LogP contribution in [0.2, 0.25) is 0 Å². The molecule has 2 aliphatic heterocycles. The first-order valence-electron chi connectivity index (χ1n) is 26.2. The number of carbonyl (C=O) groups is 9. The van der Waals surface area contributed by atoms with Crippen molar-refractivity contribution >= 4 is 80.7 Å². The normalized spacial score (nSPS) is 23.8. The van der Waals surface area contributed by atoms with Gasteiger partial charge in [0.1, 0.15) is 42.3 Å². The SMILES string of the molecule is CC[C@H](C)[C@@H]1NC(=O)[C@H](Cc2ccccc2)NC(=O)C(Cc2ccccc2)NC(=O)CC2(CCCCC2)SSC[C@@H](C(=O)N2CCC[C@H]2C(=O)N[C@@H](CCCN=C(N)N)C(=O)NCCN)NC(=O)C(CC(N)=O)NC1=O. The molecule has 9 amide bonds. The number of aliphatic imine (C=N–C) groups is 1. The van der Waals surface area contributed by atoms with E-state index in [4.69, 9.17) is 22.9 Å². The summed E-state index contributed by atoms with van der Waals surface area (Å²) in [6.07, 6.45) is 4.78. The Bertz CT molecular complexity index is 2340. The number of hydrogen-bond acceptors (Lipinski definition) is 13. The Balaban J connectivity index is 1.52. The highest BCUT2D eigenvalue weighted by Crippen LogP contribution is 2.48. The summed E-state index contributed by atoms with van der Waals surface area (Å²) in [5.74, 6) is -6.91. The van der Waals surface area contributed by atoms with Crippen molar-refractivity contribution in [3.63, 3.8) is 0 Å². The first kappa shape index (κ1) is 60.5. The fraction of sp³-hybridized carbons (Fsp3) is 0.577. The summed E-state index contributed by atoms with van der Waals surface area (Å²) in [7, 11) is 2.66. The Morgan fingerprint density at radius 3 is 2.00 bits per heavy atom. The lowest BCUT2D eigenvalue weighted by molar-refractivity contribution is -0.142. The third kappa shape index (κ3) is 18.7. The molecule has 22 nitrogen and oxygen atoms in total. The smallest absolute Gasteiger partial charge is 0.246 e. The molecule has 15 N–H and O–H groups in total. The number of nitrogens with two attached hydrogens (primary N) is 4. The van der Waals surface area contributed by atoms with Crippen molar-refractivity contribution in [2.45, 2.75) is 151 Å². The van der Waals surface area contributed by atoms with Gasteiger partial charge >= 0.3 is 0 Å². The summed E-state index contributed by atoms with van der Waals surface area (Å²) >= 11 is 0. The molecule has 2 aromatic rings. The third-order valence-electron chi connectivity index (χ3n) is 13.9. The Morgan fingerprint density at radius 2 is 1.39 bits per heavy atom. The first-order valence-corrected chi connectivity index (χ1v) is 28.6. The molecular weight excluding hydrogens is 1010 g/mol. The number of guanidine groups is 1. The number of carbonyl (C=O) groups excluding carboxylic acids is 9. The van der Waals surface area contributed by atoms with E-state index in [1.165, 1.54) is 26.5 Å². The standard InChI is InChI=1S/C52H77N13O9S2/c1-3-32(2)43-49(73)62-38(29-41(54)66)46(70)63-39(50(74)65-26-14-20-40(65)48(72)60-35(44(68)57-25-23-53)19-13-24-58-51(55)56)31-75-76-52(21-11-6-12-22-52)30-42(67)59-36(27-33-15-7-4-8-16-33)45(69)61-37(47(71)64-43)28-34-17-9-5-10-18-34/h4-5,7-10,15-18,32,35-40,43H,3,6,11-14,19-31,53H2,1-2H3,(H2,54,66)(H,57,68)(H,59,67)(H,60,72)(H,61,69)(H,62,73)(H,63,70)(H,64,71)(H4,55,56,58)/t32-,35-,36?,37-,38?,39-,40-,43-/m0/s1. The van der Waals surface area contributed by atoms with E-state index in [1.807, 2.05) is 36.4 Å². The van der Waals surface area contributed by atoms with Gasteiger partial charge in [-0.25, -0.2) is 0 Å². The van der Waals surface area contributed by atoms with Gasteiger partial charge in [-0.05, 0) is 55.6 Å². The van der Waals surface area contributed by atoms with E-state index in [-0.39, 0.29) is 70.0 Å². The summed E-state index contributed by atoms with van der Waals surface area (Å²) in [5, 5.41) is 19.6. The monoisotopic (exact) mass is 1090 g/mol. The predicted octanol–water partition coefficient (Wildman–Crippen LogP) is -0.0904.